The molecule has 27 heavy (non-hydrogen) atoms. The molecule has 1 aliphatic heterocycles. The molecule has 1 saturated heterocycles. The molecule has 1 fully saturated rings. The molecule has 0 radical (unpaired) electrons. The Morgan fingerprint density at radius 3 is 3.11 bits per heavy atom. The van der Waals surface area contributed by atoms with E-state index in [4.69, 9.17) is 0 Å². The minimum absolute atomic E-state index is 0.0421. The quantitative estimate of drug-likeness (QED) is 0.716. The molecule has 1 aromatic carbocycles. The second-order valence-electron chi connectivity index (χ2n) is 6.52. The summed E-state index contributed by atoms with van der Waals surface area (Å²) in [4.78, 5) is 32.1. The number of nitrogens with one attached hydrogen (secondary N) is 2. The standard InChI is InChI=1S/C18H20FN7O/c1-25(18-16-17(22-10-21-16)23-11-24-18)9-15(27)26-6-5-20-8-14(26)12-3-2-4-13(19)7-12/h2-4,7,10-11,14,20H,5-6,8-9H2,1H3,(H,21,22,23,24). The number of carbonyl (C=O) groups is 1. The van der Waals surface area contributed by atoms with Crippen LogP contribution < -0.4 is 10.2 Å². The Hall–Kier alpha value is -3.07. The summed E-state index contributed by atoms with van der Waals surface area (Å²) in [6.45, 7) is 2.02. The summed E-state index contributed by atoms with van der Waals surface area (Å²) in [6, 6.07) is 6.21. The summed E-state index contributed by atoms with van der Waals surface area (Å²) >= 11 is 0. The fraction of sp³-hybridized carbons (Fsp3) is 0.333. The van der Waals surface area contributed by atoms with E-state index in [2.05, 4.69) is 25.3 Å². The summed E-state index contributed by atoms with van der Waals surface area (Å²) in [5.74, 6) is 0.271. The first-order valence-electron chi connectivity index (χ1n) is 8.74. The van der Waals surface area contributed by atoms with E-state index >= 15 is 0 Å². The average molecular weight is 369 g/mol. The molecule has 0 bridgehead atoms. The zero-order valence-corrected chi connectivity index (χ0v) is 14.9. The molecule has 1 atom stereocenters. The second kappa shape index (κ2) is 7.28. The predicted molar refractivity (Wildman–Crippen MR) is 98.7 cm³/mol. The van der Waals surface area contributed by atoms with E-state index < -0.39 is 0 Å². The van der Waals surface area contributed by atoms with Crippen molar-refractivity contribution in [2.75, 3.05) is 38.1 Å². The maximum atomic E-state index is 13.6. The molecule has 0 aliphatic carbocycles. The molecule has 0 spiro atoms. The van der Waals surface area contributed by atoms with Crippen LogP contribution in [-0.4, -0.2) is 64.0 Å². The molecule has 3 aromatic rings. The third kappa shape index (κ3) is 3.45. The third-order valence-corrected chi connectivity index (χ3v) is 4.73. The largest absolute Gasteiger partial charge is 0.348 e. The van der Waals surface area contributed by atoms with Crippen molar-refractivity contribution in [3.05, 3.63) is 48.3 Å². The summed E-state index contributed by atoms with van der Waals surface area (Å²) in [7, 11) is 1.81. The predicted octanol–water partition coefficient (Wildman–Crippen LogP) is 1.10. The van der Waals surface area contributed by atoms with Gasteiger partial charge < -0.3 is 20.1 Å². The van der Waals surface area contributed by atoms with Crippen LogP contribution >= 0.6 is 0 Å². The lowest BCUT2D eigenvalue weighted by Crippen LogP contribution is -2.51. The van der Waals surface area contributed by atoms with E-state index in [0.29, 0.717) is 36.6 Å². The molecule has 1 unspecified atom stereocenters. The number of fused-ring (bicyclic) bond motifs is 1. The van der Waals surface area contributed by atoms with E-state index in [-0.39, 0.29) is 24.3 Å². The van der Waals surface area contributed by atoms with Gasteiger partial charge in [-0.25, -0.2) is 19.3 Å². The van der Waals surface area contributed by atoms with E-state index in [1.54, 1.807) is 29.2 Å². The first-order chi connectivity index (χ1) is 13.1. The van der Waals surface area contributed by atoms with Crippen LogP contribution in [0.2, 0.25) is 0 Å². The van der Waals surface area contributed by atoms with E-state index in [9.17, 15) is 9.18 Å². The molecule has 4 rings (SSSR count). The Balaban J connectivity index is 1.54. The topological polar surface area (TPSA) is 90.0 Å². The number of rotatable bonds is 4. The van der Waals surface area contributed by atoms with Crippen LogP contribution in [0.15, 0.2) is 36.9 Å². The second-order valence-corrected chi connectivity index (χ2v) is 6.52. The Bertz CT molecular complexity index is 960. The van der Waals surface area contributed by atoms with Gasteiger partial charge in [-0.2, -0.15) is 0 Å². The normalized spacial score (nSPS) is 17.3. The van der Waals surface area contributed by atoms with E-state index in [0.717, 1.165) is 5.56 Å². The number of aromatic nitrogens is 4. The number of likely N-dealkylation sites (N-methyl/N-ethyl adjacent to an activating group) is 1. The van der Waals surface area contributed by atoms with Crippen molar-refractivity contribution in [3.63, 3.8) is 0 Å². The van der Waals surface area contributed by atoms with Crippen LogP contribution in [0.1, 0.15) is 11.6 Å². The molecule has 8 nitrogen and oxygen atoms in total. The van der Waals surface area contributed by atoms with Crippen molar-refractivity contribution >= 4 is 22.9 Å². The molecule has 0 saturated carbocycles. The highest BCUT2D eigenvalue weighted by Crippen LogP contribution is 2.24. The van der Waals surface area contributed by atoms with Crippen LogP contribution in [0.5, 0.6) is 0 Å². The highest BCUT2D eigenvalue weighted by Gasteiger charge is 2.29. The van der Waals surface area contributed by atoms with Gasteiger partial charge in [0.2, 0.25) is 5.91 Å². The summed E-state index contributed by atoms with van der Waals surface area (Å²) in [5, 5.41) is 3.28. The smallest absolute Gasteiger partial charge is 0.242 e. The van der Waals surface area contributed by atoms with Crippen molar-refractivity contribution in [2.24, 2.45) is 0 Å². The highest BCUT2D eigenvalue weighted by molar-refractivity contribution is 5.87. The van der Waals surface area contributed by atoms with Crippen molar-refractivity contribution in [1.29, 1.82) is 0 Å². The zero-order valence-electron chi connectivity index (χ0n) is 14.9. The monoisotopic (exact) mass is 369 g/mol. The number of carbonyl (C=O) groups excluding carboxylic acids is 1. The van der Waals surface area contributed by atoms with E-state index in [1.165, 1.54) is 18.5 Å². The number of anilines is 1. The lowest BCUT2D eigenvalue weighted by molar-refractivity contribution is -0.133. The van der Waals surface area contributed by atoms with E-state index in [1.807, 2.05) is 6.07 Å². The fourth-order valence-corrected chi connectivity index (χ4v) is 3.42. The van der Waals surface area contributed by atoms with Crippen LogP contribution in [0.4, 0.5) is 10.2 Å². The number of hydrogen-bond donors (Lipinski definition) is 2. The first kappa shape index (κ1) is 17.3. The van der Waals surface area contributed by atoms with Gasteiger partial charge in [-0.15, -0.1) is 0 Å². The van der Waals surface area contributed by atoms with Gasteiger partial charge >= 0.3 is 0 Å². The zero-order chi connectivity index (χ0) is 18.8. The van der Waals surface area contributed by atoms with Gasteiger partial charge in [-0.1, -0.05) is 12.1 Å². The number of piperazine rings is 1. The number of benzene rings is 1. The van der Waals surface area contributed by atoms with Crippen molar-refractivity contribution in [1.82, 2.24) is 30.2 Å². The number of amides is 1. The molecular weight excluding hydrogens is 349 g/mol. The molecule has 2 N–H and O–H groups in total. The molecule has 3 heterocycles. The minimum Gasteiger partial charge on any atom is -0.348 e. The number of H-pyrrole nitrogens is 1. The van der Waals surface area contributed by atoms with Gasteiger partial charge in [-0.3, -0.25) is 4.79 Å². The molecular formula is C18H20FN7O. The summed E-state index contributed by atoms with van der Waals surface area (Å²) < 4.78 is 13.6. The Morgan fingerprint density at radius 1 is 1.37 bits per heavy atom. The molecule has 140 valence electrons. The summed E-state index contributed by atoms with van der Waals surface area (Å²) in [6.07, 6.45) is 2.98. The number of nitrogens with zero attached hydrogens (tertiary/aromatic N) is 5. The van der Waals surface area contributed by atoms with Gasteiger partial charge in [0.15, 0.2) is 11.5 Å². The number of imidazole rings is 1. The Kier molecular flexibility index (Phi) is 4.68. The van der Waals surface area contributed by atoms with Crippen molar-refractivity contribution in [3.8, 4) is 0 Å². The number of aromatic amines is 1. The molecule has 9 heteroatoms. The Labute approximate surface area is 155 Å². The number of hydrogen-bond acceptors (Lipinski definition) is 6. The highest BCUT2D eigenvalue weighted by atomic mass is 19.1. The molecule has 2 aromatic heterocycles. The van der Waals surface area contributed by atoms with Gasteiger partial charge in [0.1, 0.15) is 17.7 Å². The van der Waals surface area contributed by atoms with Crippen molar-refractivity contribution < 1.29 is 9.18 Å². The van der Waals surface area contributed by atoms with Crippen LogP contribution in [0.3, 0.4) is 0 Å². The minimum atomic E-state index is -0.301. The van der Waals surface area contributed by atoms with Crippen LogP contribution in [0.25, 0.3) is 11.2 Å². The van der Waals surface area contributed by atoms with Crippen LogP contribution in [-0.2, 0) is 4.79 Å². The van der Waals surface area contributed by atoms with Gasteiger partial charge in [-0.05, 0) is 17.7 Å². The average Bonchev–Trinajstić information content (AvgIpc) is 3.16. The third-order valence-electron chi connectivity index (χ3n) is 4.73. The van der Waals surface area contributed by atoms with Gasteiger partial charge in [0.05, 0.1) is 18.9 Å². The SMILES string of the molecule is CN(CC(=O)N1CCNCC1c1cccc(F)c1)c1ncnc2nc[nH]c12. The van der Waals surface area contributed by atoms with Crippen molar-refractivity contribution in [2.45, 2.75) is 6.04 Å². The summed E-state index contributed by atoms with van der Waals surface area (Å²) in [5.41, 5.74) is 2.03. The van der Waals surface area contributed by atoms with Crippen LogP contribution in [0, 0.1) is 5.82 Å². The lowest BCUT2D eigenvalue weighted by Gasteiger charge is -2.37. The Morgan fingerprint density at radius 2 is 2.26 bits per heavy atom. The van der Waals surface area contributed by atoms with Gasteiger partial charge in [0, 0.05) is 26.7 Å². The maximum Gasteiger partial charge on any atom is 0.242 e. The fourth-order valence-electron chi connectivity index (χ4n) is 3.42. The lowest BCUT2D eigenvalue weighted by atomic mass is 10.0. The number of halogens is 1. The van der Waals surface area contributed by atoms with Gasteiger partial charge in [0.25, 0.3) is 0 Å². The molecule has 1 aliphatic rings. The molecule has 1 amide bonds. The maximum absolute atomic E-state index is 13.6. The first-order valence-corrected chi connectivity index (χ1v) is 8.74.